The Bertz CT molecular complexity index is 938. The first kappa shape index (κ1) is 17.5. The van der Waals surface area contributed by atoms with Crippen LogP contribution in [0.5, 0.6) is 0 Å². The molecule has 2 aromatic heterocycles. The molecule has 0 aliphatic carbocycles. The van der Waals surface area contributed by atoms with Gasteiger partial charge in [0.15, 0.2) is 0 Å². The maximum atomic E-state index is 12.7. The number of rotatable bonds is 5. The van der Waals surface area contributed by atoms with Crippen molar-refractivity contribution >= 4 is 5.69 Å². The second-order valence-corrected chi connectivity index (χ2v) is 7.00. The van der Waals surface area contributed by atoms with E-state index < -0.39 is 0 Å². The zero-order valence-corrected chi connectivity index (χ0v) is 15.7. The molecule has 1 saturated heterocycles. The van der Waals surface area contributed by atoms with Gasteiger partial charge in [-0.25, -0.2) is 9.78 Å². The molecule has 1 aliphatic rings. The Kier molecular flexibility index (Phi) is 5.07. The Hall–Kier alpha value is -2.86. The van der Waals surface area contributed by atoms with Crippen LogP contribution in [0.15, 0.2) is 65.8 Å². The van der Waals surface area contributed by atoms with Gasteiger partial charge in [0.2, 0.25) is 0 Å². The van der Waals surface area contributed by atoms with E-state index >= 15 is 0 Å². The van der Waals surface area contributed by atoms with E-state index in [0.29, 0.717) is 12.4 Å². The zero-order valence-electron chi connectivity index (χ0n) is 15.7. The Labute approximate surface area is 159 Å². The van der Waals surface area contributed by atoms with E-state index in [4.69, 9.17) is 0 Å². The summed E-state index contributed by atoms with van der Waals surface area (Å²) in [5.74, 6) is 0.652. The lowest BCUT2D eigenvalue weighted by Crippen LogP contribution is -2.44. The maximum absolute atomic E-state index is 12.7. The van der Waals surface area contributed by atoms with Crippen molar-refractivity contribution in [3.63, 3.8) is 0 Å². The second-order valence-electron chi connectivity index (χ2n) is 7.00. The number of nitrogens with zero attached hydrogens (tertiary/aromatic N) is 5. The summed E-state index contributed by atoms with van der Waals surface area (Å²) in [4.78, 5) is 21.8. The van der Waals surface area contributed by atoms with E-state index in [0.717, 1.165) is 32.6 Å². The van der Waals surface area contributed by atoms with Gasteiger partial charge in [-0.15, -0.1) is 0 Å². The number of benzene rings is 1. The van der Waals surface area contributed by atoms with Crippen molar-refractivity contribution in [1.29, 1.82) is 0 Å². The number of hydrogen-bond donors (Lipinski definition) is 0. The molecule has 1 aromatic carbocycles. The van der Waals surface area contributed by atoms with Crippen molar-refractivity contribution in [2.45, 2.75) is 13.0 Å². The summed E-state index contributed by atoms with van der Waals surface area (Å²) in [5.41, 5.74) is 2.54. The number of hydrogen-bond acceptors (Lipinski definition) is 4. The molecule has 3 heterocycles. The first-order valence-electron chi connectivity index (χ1n) is 9.43. The molecule has 0 atom stereocenters. The average Bonchev–Trinajstić information content (AvgIpc) is 3.08. The first-order valence-corrected chi connectivity index (χ1v) is 9.43. The lowest BCUT2D eigenvalue weighted by molar-refractivity contribution is 0.312. The highest BCUT2D eigenvalue weighted by molar-refractivity contribution is 5.54. The summed E-state index contributed by atoms with van der Waals surface area (Å²) in [6.07, 6.45) is 6.16. The molecular weight excluding hydrogens is 338 g/mol. The molecule has 0 bridgehead atoms. The van der Waals surface area contributed by atoms with Crippen LogP contribution in [-0.4, -0.2) is 52.2 Å². The number of anilines is 1. The van der Waals surface area contributed by atoms with Crippen LogP contribution < -0.4 is 10.6 Å². The van der Waals surface area contributed by atoms with Crippen LogP contribution in [0.2, 0.25) is 0 Å². The minimum Gasteiger partial charge on any atom is -0.369 e. The molecule has 27 heavy (non-hydrogen) atoms. The average molecular weight is 363 g/mol. The third kappa shape index (κ3) is 3.80. The summed E-state index contributed by atoms with van der Waals surface area (Å²) in [6.45, 7) is 4.91. The van der Waals surface area contributed by atoms with E-state index in [9.17, 15) is 4.79 Å². The van der Waals surface area contributed by atoms with Crippen LogP contribution >= 0.6 is 0 Å². The standard InChI is InChI=1S/C21H25N5O/c1-23-12-14-24(15-13-23)19-7-3-2-6-18(19)9-11-25-16-17-26(21(25)27)20-8-4-5-10-22-20/h2-8,10,16-17H,9,11-15H2,1H3. The van der Waals surface area contributed by atoms with E-state index in [1.165, 1.54) is 11.3 Å². The highest BCUT2D eigenvalue weighted by Gasteiger charge is 2.17. The normalized spacial score (nSPS) is 15.2. The van der Waals surface area contributed by atoms with Gasteiger partial charge >= 0.3 is 5.69 Å². The number of pyridine rings is 1. The van der Waals surface area contributed by atoms with Gasteiger partial charge in [0.1, 0.15) is 5.82 Å². The number of likely N-dealkylation sites (N-methyl/N-ethyl adjacent to an activating group) is 1. The van der Waals surface area contributed by atoms with Gasteiger partial charge in [-0.2, -0.15) is 0 Å². The molecule has 0 radical (unpaired) electrons. The predicted molar refractivity (Wildman–Crippen MR) is 108 cm³/mol. The summed E-state index contributed by atoms with van der Waals surface area (Å²) >= 11 is 0. The Morgan fingerprint density at radius 2 is 1.74 bits per heavy atom. The molecule has 0 saturated carbocycles. The Morgan fingerprint density at radius 1 is 0.963 bits per heavy atom. The second kappa shape index (κ2) is 7.80. The molecule has 1 aliphatic heterocycles. The number of aromatic nitrogens is 3. The molecule has 140 valence electrons. The molecule has 0 amide bonds. The van der Waals surface area contributed by atoms with Crippen LogP contribution in [0, 0.1) is 0 Å². The first-order chi connectivity index (χ1) is 13.2. The van der Waals surface area contributed by atoms with Crippen LogP contribution in [-0.2, 0) is 13.0 Å². The molecule has 3 aromatic rings. The molecule has 1 fully saturated rings. The lowest BCUT2D eigenvalue weighted by Gasteiger charge is -2.35. The lowest BCUT2D eigenvalue weighted by atomic mass is 10.1. The van der Waals surface area contributed by atoms with E-state index in [-0.39, 0.29) is 5.69 Å². The fraction of sp³-hybridized carbons (Fsp3) is 0.333. The molecule has 6 nitrogen and oxygen atoms in total. The maximum Gasteiger partial charge on any atom is 0.333 e. The molecule has 4 rings (SSSR count). The molecular formula is C21H25N5O. The van der Waals surface area contributed by atoms with Crippen molar-refractivity contribution in [3.05, 3.63) is 77.1 Å². The number of aryl methyl sites for hydroxylation is 2. The molecule has 0 N–H and O–H groups in total. The highest BCUT2D eigenvalue weighted by atomic mass is 16.1. The smallest absolute Gasteiger partial charge is 0.333 e. The van der Waals surface area contributed by atoms with Crippen molar-refractivity contribution in [3.8, 4) is 5.82 Å². The van der Waals surface area contributed by atoms with Gasteiger partial charge in [-0.05, 0) is 37.2 Å². The largest absolute Gasteiger partial charge is 0.369 e. The SMILES string of the molecule is CN1CCN(c2ccccc2CCn2ccn(-c3ccccn3)c2=O)CC1. The monoisotopic (exact) mass is 363 g/mol. The van der Waals surface area contributed by atoms with Gasteiger partial charge in [0.05, 0.1) is 0 Å². The Morgan fingerprint density at radius 3 is 2.52 bits per heavy atom. The van der Waals surface area contributed by atoms with Gasteiger partial charge in [-0.3, -0.25) is 9.13 Å². The van der Waals surface area contributed by atoms with Crippen LogP contribution in [0.25, 0.3) is 5.82 Å². The third-order valence-corrected chi connectivity index (χ3v) is 5.20. The summed E-state index contributed by atoms with van der Waals surface area (Å²) in [6, 6.07) is 14.1. The minimum atomic E-state index is -0.0502. The highest BCUT2D eigenvalue weighted by Crippen LogP contribution is 2.22. The topological polar surface area (TPSA) is 46.3 Å². The van der Waals surface area contributed by atoms with Gasteiger partial charge in [-0.1, -0.05) is 24.3 Å². The minimum absolute atomic E-state index is 0.0502. The van der Waals surface area contributed by atoms with Crippen LogP contribution in [0.3, 0.4) is 0 Å². The Balaban J connectivity index is 1.50. The molecule has 0 spiro atoms. The third-order valence-electron chi connectivity index (χ3n) is 5.20. The van der Waals surface area contributed by atoms with Crippen LogP contribution in [0.1, 0.15) is 5.56 Å². The van der Waals surface area contributed by atoms with Crippen LogP contribution in [0.4, 0.5) is 5.69 Å². The van der Waals surface area contributed by atoms with E-state index in [2.05, 4.69) is 46.1 Å². The van der Waals surface area contributed by atoms with Crippen molar-refractivity contribution in [2.75, 3.05) is 38.1 Å². The van der Waals surface area contributed by atoms with E-state index in [1.54, 1.807) is 21.5 Å². The quantitative estimate of drug-likeness (QED) is 0.696. The summed E-state index contributed by atoms with van der Waals surface area (Å²) in [7, 11) is 2.17. The van der Waals surface area contributed by atoms with E-state index in [1.807, 2.05) is 24.4 Å². The zero-order chi connectivity index (χ0) is 18.6. The van der Waals surface area contributed by atoms with Crippen molar-refractivity contribution in [2.24, 2.45) is 0 Å². The summed E-state index contributed by atoms with van der Waals surface area (Å²) < 4.78 is 3.35. The fourth-order valence-electron chi connectivity index (χ4n) is 3.57. The summed E-state index contributed by atoms with van der Waals surface area (Å²) in [5, 5.41) is 0. The number of para-hydroxylation sites is 1. The fourth-order valence-corrected chi connectivity index (χ4v) is 3.57. The van der Waals surface area contributed by atoms with Crippen molar-refractivity contribution in [1.82, 2.24) is 19.0 Å². The van der Waals surface area contributed by atoms with Gasteiger partial charge in [0, 0.05) is 57.0 Å². The van der Waals surface area contributed by atoms with Gasteiger partial charge in [0.25, 0.3) is 0 Å². The molecule has 0 unspecified atom stereocenters. The molecule has 6 heteroatoms. The van der Waals surface area contributed by atoms with Crippen molar-refractivity contribution < 1.29 is 0 Å². The number of imidazole rings is 1. The number of piperazine rings is 1. The van der Waals surface area contributed by atoms with Gasteiger partial charge < -0.3 is 9.80 Å². The predicted octanol–water partition coefficient (Wildman–Crippen LogP) is 2.03.